The van der Waals surface area contributed by atoms with Crippen molar-refractivity contribution in [2.75, 3.05) is 25.2 Å². The molecule has 5 nitrogen and oxygen atoms in total. The number of hydrogen-bond acceptors (Lipinski definition) is 5. The molecule has 1 rings (SSSR count). The van der Waals surface area contributed by atoms with Gasteiger partial charge in [-0.1, -0.05) is 0 Å². The lowest BCUT2D eigenvalue weighted by molar-refractivity contribution is -0.322. The topological polar surface area (TPSA) is 78.6 Å². The Labute approximate surface area is 108 Å². The third-order valence-corrected chi connectivity index (χ3v) is 3.85. The predicted molar refractivity (Wildman–Crippen MR) is 61.5 cm³/mol. The van der Waals surface area contributed by atoms with E-state index in [9.17, 15) is 21.6 Å². The van der Waals surface area contributed by atoms with Crippen molar-refractivity contribution in [1.29, 1.82) is 0 Å². The molecule has 0 saturated heterocycles. The molecule has 0 unspecified atom stereocenters. The zero-order valence-electron chi connectivity index (χ0n) is 9.90. The van der Waals surface area contributed by atoms with Gasteiger partial charge in [0.1, 0.15) is 10.6 Å². The van der Waals surface area contributed by atoms with Gasteiger partial charge in [-0.15, -0.1) is 13.2 Å². The van der Waals surface area contributed by atoms with Gasteiger partial charge in [-0.3, -0.25) is 4.74 Å². The quantitative estimate of drug-likeness (QED) is 0.835. The van der Waals surface area contributed by atoms with Crippen LogP contribution in [-0.2, 0) is 14.6 Å². The summed E-state index contributed by atoms with van der Waals surface area (Å²) in [5.74, 6) is -0.834. The first-order valence-corrected chi connectivity index (χ1v) is 6.68. The van der Waals surface area contributed by atoms with Crippen molar-refractivity contribution in [2.24, 2.45) is 0 Å². The Morgan fingerprint density at radius 3 is 2.47 bits per heavy atom. The van der Waals surface area contributed by atoms with E-state index in [1.54, 1.807) is 0 Å². The molecular formula is C10H12F3NO4S. The highest BCUT2D eigenvalue weighted by Gasteiger charge is 2.30. The average molecular weight is 299 g/mol. The van der Waals surface area contributed by atoms with E-state index in [4.69, 9.17) is 10.5 Å². The number of halogens is 3. The summed E-state index contributed by atoms with van der Waals surface area (Å²) in [4.78, 5) is -0.227. The standard InChI is InChI=1S/C10H12F3NO4S/c1-17-8-6-7(14)2-3-9(8)19(15,16)5-4-18-10(11,12)13/h2-3,6H,4-5,14H2,1H3. The second-order valence-corrected chi connectivity index (χ2v) is 5.60. The molecule has 0 fully saturated rings. The minimum absolute atomic E-state index is 0.0213. The summed E-state index contributed by atoms with van der Waals surface area (Å²) in [6, 6.07) is 3.77. The summed E-state index contributed by atoms with van der Waals surface area (Å²) in [5.41, 5.74) is 5.74. The second kappa shape index (κ2) is 5.66. The van der Waals surface area contributed by atoms with Crippen LogP contribution in [-0.4, -0.2) is 34.2 Å². The van der Waals surface area contributed by atoms with Crippen LogP contribution in [0.2, 0.25) is 0 Å². The van der Waals surface area contributed by atoms with E-state index < -0.39 is 28.6 Å². The zero-order chi connectivity index (χ0) is 14.7. The smallest absolute Gasteiger partial charge is 0.495 e. The Morgan fingerprint density at radius 2 is 1.95 bits per heavy atom. The molecule has 2 N–H and O–H groups in total. The zero-order valence-corrected chi connectivity index (χ0v) is 10.7. The molecule has 9 heteroatoms. The Morgan fingerprint density at radius 1 is 1.32 bits per heavy atom. The summed E-state index contributed by atoms with van der Waals surface area (Å²) in [7, 11) is -2.71. The minimum Gasteiger partial charge on any atom is -0.495 e. The van der Waals surface area contributed by atoms with Gasteiger partial charge in [0.25, 0.3) is 0 Å². The van der Waals surface area contributed by atoms with Crippen LogP contribution in [0, 0.1) is 0 Å². The van der Waals surface area contributed by atoms with Crippen LogP contribution in [0.4, 0.5) is 18.9 Å². The fraction of sp³-hybridized carbons (Fsp3) is 0.400. The minimum atomic E-state index is -4.86. The fourth-order valence-corrected chi connectivity index (χ4v) is 2.56. The highest BCUT2D eigenvalue weighted by Crippen LogP contribution is 2.27. The molecular weight excluding hydrogens is 287 g/mol. The highest BCUT2D eigenvalue weighted by molar-refractivity contribution is 7.91. The number of alkyl halides is 3. The Bertz CT molecular complexity index is 542. The van der Waals surface area contributed by atoms with E-state index in [1.807, 2.05) is 0 Å². The van der Waals surface area contributed by atoms with Crippen molar-refractivity contribution >= 4 is 15.5 Å². The summed E-state index contributed by atoms with van der Waals surface area (Å²) in [5, 5.41) is 0. The number of rotatable bonds is 5. The molecule has 108 valence electrons. The van der Waals surface area contributed by atoms with Crippen LogP contribution < -0.4 is 10.5 Å². The van der Waals surface area contributed by atoms with Gasteiger partial charge < -0.3 is 10.5 Å². The fourth-order valence-electron chi connectivity index (χ4n) is 1.32. The summed E-state index contributed by atoms with van der Waals surface area (Å²) in [6.45, 7) is -0.987. The maximum absolute atomic E-state index is 11.8. The lowest BCUT2D eigenvalue weighted by atomic mass is 10.3. The second-order valence-electron chi connectivity index (χ2n) is 3.52. The lowest BCUT2D eigenvalue weighted by Gasteiger charge is -2.11. The number of ether oxygens (including phenoxy) is 2. The third kappa shape index (κ3) is 4.60. The summed E-state index contributed by atoms with van der Waals surface area (Å²) < 4.78 is 67.3. The molecule has 0 heterocycles. The molecule has 0 atom stereocenters. The van der Waals surface area contributed by atoms with Gasteiger partial charge in [0.05, 0.1) is 19.5 Å². The number of sulfone groups is 1. The van der Waals surface area contributed by atoms with Crippen molar-refractivity contribution in [3.63, 3.8) is 0 Å². The summed E-state index contributed by atoms with van der Waals surface area (Å²) >= 11 is 0. The summed E-state index contributed by atoms with van der Waals surface area (Å²) in [6.07, 6.45) is -4.86. The Hall–Kier alpha value is -1.48. The first-order valence-electron chi connectivity index (χ1n) is 5.02. The van der Waals surface area contributed by atoms with Crippen LogP contribution in [0.25, 0.3) is 0 Å². The van der Waals surface area contributed by atoms with Gasteiger partial charge in [0, 0.05) is 11.8 Å². The third-order valence-electron chi connectivity index (χ3n) is 2.14. The monoisotopic (exact) mass is 299 g/mol. The van der Waals surface area contributed by atoms with Gasteiger partial charge in [-0.25, -0.2) is 8.42 Å². The molecule has 1 aromatic rings. The molecule has 0 aliphatic heterocycles. The van der Waals surface area contributed by atoms with E-state index in [1.165, 1.54) is 25.3 Å². The molecule has 0 amide bonds. The molecule has 0 radical (unpaired) electrons. The SMILES string of the molecule is COc1cc(N)ccc1S(=O)(=O)CCOC(F)(F)F. The van der Waals surface area contributed by atoms with Gasteiger partial charge in [0.15, 0.2) is 9.84 Å². The first-order chi connectivity index (χ1) is 8.65. The van der Waals surface area contributed by atoms with Crippen LogP contribution in [0.3, 0.4) is 0 Å². The number of anilines is 1. The number of methoxy groups -OCH3 is 1. The van der Waals surface area contributed by atoms with Gasteiger partial charge in [-0.2, -0.15) is 0 Å². The molecule has 0 aromatic heterocycles. The first kappa shape index (κ1) is 15.6. The van der Waals surface area contributed by atoms with E-state index in [0.29, 0.717) is 0 Å². The van der Waals surface area contributed by atoms with Gasteiger partial charge >= 0.3 is 6.36 Å². The van der Waals surface area contributed by atoms with Crippen LogP contribution in [0.1, 0.15) is 0 Å². The Balaban J connectivity index is 2.89. The largest absolute Gasteiger partial charge is 0.522 e. The molecule has 0 spiro atoms. The maximum atomic E-state index is 11.8. The van der Waals surface area contributed by atoms with Crippen molar-refractivity contribution in [2.45, 2.75) is 11.3 Å². The van der Waals surface area contributed by atoms with E-state index >= 15 is 0 Å². The van der Waals surface area contributed by atoms with Crippen LogP contribution in [0.5, 0.6) is 5.75 Å². The molecule has 0 saturated carbocycles. The maximum Gasteiger partial charge on any atom is 0.522 e. The lowest BCUT2D eigenvalue weighted by Crippen LogP contribution is -2.20. The molecule has 0 aliphatic rings. The molecule has 1 aromatic carbocycles. The van der Waals surface area contributed by atoms with Gasteiger partial charge in [-0.05, 0) is 12.1 Å². The van der Waals surface area contributed by atoms with Crippen LogP contribution in [0.15, 0.2) is 23.1 Å². The van der Waals surface area contributed by atoms with E-state index in [2.05, 4.69) is 4.74 Å². The number of nitrogen functional groups attached to an aromatic ring is 1. The number of nitrogens with two attached hydrogens (primary N) is 1. The van der Waals surface area contributed by atoms with E-state index in [-0.39, 0.29) is 16.3 Å². The van der Waals surface area contributed by atoms with Crippen molar-refractivity contribution in [1.82, 2.24) is 0 Å². The van der Waals surface area contributed by atoms with Crippen molar-refractivity contribution < 1.29 is 31.1 Å². The van der Waals surface area contributed by atoms with E-state index in [0.717, 1.165) is 0 Å². The van der Waals surface area contributed by atoms with Crippen LogP contribution >= 0.6 is 0 Å². The number of hydrogen-bond donors (Lipinski definition) is 1. The predicted octanol–water partition coefficient (Wildman–Crippen LogP) is 1.59. The molecule has 0 bridgehead atoms. The Kier molecular flexibility index (Phi) is 4.64. The molecule has 19 heavy (non-hydrogen) atoms. The van der Waals surface area contributed by atoms with Crippen molar-refractivity contribution in [3.8, 4) is 5.75 Å². The van der Waals surface area contributed by atoms with Crippen molar-refractivity contribution in [3.05, 3.63) is 18.2 Å². The molecule has 0 aliphatic carbocycles. The van der Waals surface area contributed by atoms with Gasteiger partial charge in [0.2, 0.25) is 0 Å². The highest BCUT2D eigenvalue weighted by atomic mass is 32.2. The normalized spacial score (nSPS) is 12.4. The average Bonchev–Trinajstić information content (AvgIpc) is 2.26. The number of benzene rings is 1.